The molecule has 5 aliphatic rings. The van der Waals surface area contributed by atoms with Crippen LogP contribution in [0, 0.1) is 5.41 Å². The number of hydrogen-bond donors (Lipinski definition) is 0. The molecule has 0 radical (unpaired) electrons. The van der Waals surface area contributed by atoms with E-state index in [1.165, 1.54) is 25.7 Å². The summed E-state index contributed by atoms with van der Waals surface area (Å²) in [5, 5.41) is 3.72. The van der Waals surface area contributed by atoms with Gasteiger partial charge in [0.05, 0.1) is 13.2 Å². The molecule has 0 N–H and O–H groups in total. The van der Waals surface area contributed by atoms with Crippen molar-refractivity contribution in [3.8, 4) is 0 Å². The predicted octanol–water partition coefficient (Wildman–Crippen LogP) is 3.05. The highest BCUT2D eigenvalue weighted by molar-refractivity contribution is 8.08. The van der Waals surface area contributed by atoms with Gasteiger partial charge in [-0.1, -0.05) is 0 Å². The van der Waals surface area contributed by atoms with Crippen LogP contribution in [0.5, 0.6) is 0 Å². The lowest BCUT2D eigenvalue weighted by Gasteiger charge is -2.48. The summed E-state index contributed by atoms with van der Waals surface area (Å²) in [6.07, 6.45) is 7.67. The molecule has 2 saturated carbocycles. The molecular weight excluding hydrogens is 264 g/mol. The molecular formula is C14H20O2S2. The molecule has 3 aliphatic heterocycles. The molecule has 3 saturated heterocycles. The van der Waals surface area contributed by atoms with Crippen LogP contribution in [0.4, 0.5) is 0 Å². The van der Waals surface area contributed by atoms with E-state index in [-0.39, 0.29) is 5.79 Å². The van der Waals surface area contributed by atoms with Crippen molar-refractivity contribution in [1.82, 2.24) is 0 Å². The van der Waals surface area contributed by atoms with E-state index in [0.717, 1.165) is 47.1 Å². The Bertz CT molecular complexity index is 342. The molecule has 4 atom stereocenters. The quantitative estimate of drug-likeness (QED) is 0.636. The monoisotopic (exact) mass is 284 g/mol. The highest BCUT2D eigenvalue weighted by Gasteiger charge is 2.57. The molecule has 0 bridgehead atoms. The lowest BCUT2D eigenvalue weighted by atomic mass is 9.74. The fraction of sp³-hybridized carbons (Fsp3) is 1.00. The highest BCUT2D eigenvalue weighted by atomic mass is 32.2. The van der Waals surface area contributed by atoms with Crippen molar-refractivity contribution in [1.29, 1.82) is 0 Å². The molecule has 0 aromatic carbocycles. The van der Waals surface area contributed by atoms with Gasteiger partial charge in [0.25, 0.3) is 0 Å². The Morgan fingerprint density at radius 3 is 2.11 bits per heavy atom. The van der Waals surface area contributed by atoms with Crippen LogP contribution in [0.15, 0.2) is 0 Å². The third-order valence-corrected chi connectivity index (χ3v) is 8.46. The molecule has 18 heavy (non-hydrogen) atoms. The Kier molecular flexibility index (Phi) is 2.28. The largest absolute Gasteiger partial charge is 0.349 e. The second-order valence-electron chi connectivity index (χ2n) is 6.90. The third-order valence-electron chi connectivity index (χ3n) is 5.57. The van der Waals surface area contributed by atoms with Crippen molar-refractivity contribution >= 4 is 23.5 Å². The van der Waals surface area contributed by atoms with E-state index in [4.69, 9.17) is 9.47 Å². The maximum Gasteiger partial charge on any atom is 0.169 e. The Morgan fingerprint density at radius 1 is 0.778 bits per heavy atom. The minimum atomic E-state index is -0.177. The van der Waals surface area contributed by atoms with Gasteiger partial charge in [-0.15, -0.1) is 0 Å². The molecule has 5 rings (SSSR count). The SMILES string of the molecule is C1CC2(COC3(CCC4SC4C3)OC2)CC2SC12. The molecule has 0 aromatic heterocycles. The van der Waals surface area contributed by atoms with E-state index in [1.54, 1.807) is 0 Å². The standard InChI is InChI=1S/C14H20O2S2/c1-3-13(5-11-9(1)17-11)7-15-14(16-8-13)4-2-10-12(6-14)18-10/h9-12H,1-8H2. The van der Waals surface area contributed by atoms with Gasteiger partial charge in [-0.05, 0) is 25.7 Å². The normalized spacial score (nSPS) is 61.3. The third kappa shape index (κ3) is 1.72. The van der Waals surface area contributed by atoms with E-state index in [2.05, 4.69) is 23.5 Å². The summed E-state index contributed by atoms with van der Waals surface area (Å²) in [7, 11) is 0. The minimum absolute atomic E-state index is 0.177. The van der Waals surface area contributed by atoms with Crippen molar-refractivity contribution in [2.75, 3.05) is 13.2 Å². The summed E-state index contributed by atoms with van der Waals surface area (Å²) in [5.74, 6) is -0.177. The van der Waals surface area contributed by atoms with Crippen LogP contribution in [0.1, 0.15) is 38.5 Å². The number of fused-ring (bicyclic) bond motifs is 2. The van der Waals surface area contributed by atoms with Gasteiger partial charge in [0.2, 0.25) is 0 Å². The Morgan fingerprint density at radius 2 is 1.44 bits per heavy atom. The average molecular weight is 284 g/mol. The van der Waals surface area contributed by atoms with Gasteiger partial charge in [0, 0.05) is 39.3 Å². The fourth-order valence-corrected chi connectivity index (χ4v) is 6.64. The number of rotatable bonds is 0. The zero-order valence-electron chi connectivity index (χ0n) is 10.6. The van der Waals surface area contributed by atoms with Crippen molar-refractivity contribution in [2.45, 2.75) is 65.3 Å². The number of hydrogen-bond acceptors (Lipinski definition) is 4. The summed E-state index contributed by atoms with van der Waals surface area (Å²) in [5.41, 5.74) is 0.378. The minimum Gasteiger partial charge on any atom is -0.349 e. The summed E-state index contributed by atoms with van der Waals surface area (Å²) in [4.78, 5) is 0. The molecule has 0 amide bonds. The van der Waals surface area contributed by atoms with Crippen molar-refractivity contribution in [3.63, 3.8) is 0 Å². The van der Waals surface area contributed by atoms with Gasteiger partial charge in [0.15, 0.2) is 5.79 Å². The van der Waals surface area contributed by atoms with E-state index in [1.807, 2.05) is 0 Å². The second-order valence-corrected chi connectivity index (χ2v) is 9.87. The first-order chi connectivity index (χ1) is 8.76. The zero-order chi connectivity index (χ0) is 11.8. The zero-order valence-corrected chi connectivity index (χ0v) is 12.2. The summed E-state index contributed by atoms with van der Waals surface area (Å²) in [6, 6.07) is 0. The number of thioether (sulfide) groups is 2. The predicted molar refractivity (Wildman–Crippen MR) is 75.1 cm³/mol. The molecule has 3 heterocycles. The summed E-state index contributed by atoms with van der Waals surface area (Å²) in [6.45, 7) is 1.94. The molecule has 0 aromatic rings. The molecule has 4 heteroatoms. The Hall–Kier alpha value is 0.620. The van der Waals surface area contributed by atoms with E-state index in [0.29, 0.717) is 5.41 Å². The van der Waals surface area contributed by atoms with Crippen LogP contribution >= 0.6 is 23.5 Å². The molecule has 2 aliphatic carbocycles. The average Bonchev–Trinajstić information content (AvgIpc) is 3.27. The first-order valence-corrected chi connectivity index (χ1v) is 9.24. The maximum atomic E-state index is 6.32. The van der Waals surface area contributed by atoms with Gasteiger partial charge in [-0.3, -0.25) is 0 Å². The lowest BCUT2D eigenvalue weighted by Crippen LogP contribution is -2.52. The van der Waals surface area contributed by atoms with Gasteiger partial charge in [0.1, 0.15) is 0 Å². The molecule has 2 nitrogen and oxygen atoms in total. The maximum absolute atomic E-state index is 6.32. The Labute approximate surface area is 117 Å². The van der Waals surface area contributed by atoms with Crippen LogP contribution < -0.4 is 0 Å². The smallest absolute Gasteiger partial charge is 0.169 e. The molecule has 100 valence electrons. The van der Waals surface area contributed by atoms with Crippen LogP contribution in [-0.4, -0.2) is 40.0 Å². The lowest BCUT2D eigenvalue weighted by molar-refractivity contribution is -0.315. The molecule has 2 spiro atoms. The molecule has 4 unspecified atom stereocenters. The van der Waals surface area contributed by atoms with Gasteiger partial charge in [-0.2, -0.15) is 23.5 Å². The van der Waals surface area contributed by atoms with Gasteiger partial charge < -0.3 is 9.47 Å². The molecule has 5 fully saturated rings. The highest BCUT2D eigenvalue weighted by Crippen LogP contribution is 2.60. The van der Waals surface area contributed by atoms with Crippen molar-refractivity contribution < 1.29 is 9.47 Å². The van der Waals surface area contributed by atoms with Crippen LogP contribution in [-0.2, 0) is 9.47 Å². The number of ether oxygens (including phenoxy) is 2. The van der Waals surface area contributed by atoms with E-state index >= 15 is 0 Å². The van der Waals surface area contributed by atoms with E-state index < -0.39 is 0 Å². The first kappa shape index (κ1) is 11.3. The topological polar surface area (TPSA) is 18.5 Å². The Balaban J connectivity index is 1.29. The first-order valence-electron chi connectivity index (χ1n) is 7.35. The van der Waals surface area contributed by atoms with Crippen molar-refractivity contribution in [3.05, 3.63) is 0 Å². The van der Waals surface area contributed by atoms with Crippen LogP contribution in [0.25, 0.3) is 0 Å². The van der Waals surface area contributed by atoms with Gasteiger partial charge >= 0.3 is 0 Å². The second kappa shape index (κ2) is 3.63. The fourth-order valence-electron chi connectivity index (χ4n) is 4.15. The summed E-state index contributed by atoms with van der Waals surface area (Å²) >= 11 is 4.32. The summed E-state index contributed by atoms with van der Waals surface area (Å²) < 4.78 is 12.6. The van der Waals surface area contributed by atoms with Crippen LogP contribution in [0.3, 0.4) is 0 Å². The van der Waals surface area contributed by atoms with Crippen molar-refractivity contribution in [2.24, 2.45) is 5.41 Å². The van der Waals surface area contributed by atoms with Crippen LogP contribution in [0.2, 0.25) is 0 Å². The van der Waals surface area contributed by atoms with E-state index in [9.17, 15) is 0 Å². The van der Waals surface area contributed by atoms with Gasteiger partial charge in [-0.25, -0.2) is 0 Å².